The molecule has 0 saturated carbocycles. The Kier molecular flexibility index (Phi) is 9.61. The quantitative estimate of drug-likeness (QED) is 0.404. The van der Waals surface area contributed by atoms with Crippen molar-refractivity contribution < 1.29 is 19.2 Å². The number of nitrogens with two attached hydrogens (primary N) is 1. The Morgan fingerprint density at radius 2 is 1.74 bits per heavy atom. The normalized spacial score (nSPS) is 22.7. The summed E-state index contributed by atoms with van der Waals surface area (Å²) >= 11 is 0. The van der Waals surface area contributed by atoms with E-state index >= 15 is 0 Å². The van der Waals surface area contributed by atoms with Gasteiger partial charge in [0.05, 0.1) is 18.5 Å². The fourth-order valence-corrected chi connectivity index (χ4v) is 6.16. The van der Waals surface area contributed by atoms with Gasteiger partial charge in [-0.05, 0) is 49.4 Å². The molecule has 10 nitrogen and oxygen atoms in total. The molecule has 3 heterocycles. The molecule has 0 spiro atoms. The molecule has 39 heavy (non-hydrogen) atoms. The zero-order valence-corrected chi connectivity index (χ0v) is 23.5. The van der Waals surface area contributed by atoms with Gasteiger partial charge in [-0.15, -0.1) is 0 Å². The van der Waals surface area contributed by atoms with E-state index in [-0.39, 0.29) is 54.5 Å². The van der Waals surface area contributed by atoms with Gasteiger partial charge >= 0.3 is 0 Å². The first kappa shape index (κ1) is 29.0. The van der Waals surface area contributed by atoms with Crippen LogP contribution in [0.1, 0.15) is 56.8 Å². The number of nitrogens with zero attached hydrogens (tertiary/aromatic N) is 3. The van der Waals surface area contributed by atoms with E-state index in [9.17, 15) is 19.2 Å². The van der Waals surface area contributed by atoms with Crippen molar-refractivity contribution in [1.29, 1.82) is 0 Å². The number of fused-ring (bicyclic) bond motifs is 1. The first-order valence-corrected chi connectivity index (χ1v) is 14.4. The Balaban J connectivity index is 1.45. The van der Waals surface area contributed by atoms with Crippen LogP contribution in [0.25, 0.3) is 0 Å². The van der Waals surface area contributed by atoms with E-state index in [1.165, 1.54) is 0 Å². The standard InChI is InChI=1S/C29H44N6O4/c1-4-5-21(17-30)28(38)35-18-25(36)26-24(35)10-13-34(26)29(39)23(16-19(2)3)32-27(37)20-6-8-22(9-7-20)33-14-11-31-12-15-33/h6-9,19,21,23-24,26,31H,4-5,10-18,30H2,1-3H3,(H,32,37). The van der Waals surface area contributed by atoms with E-state index in [0.29, 0.717) is 31.4 Å². The maximum atomic E-state index is 13.8. The largest absolute Gasteiger partial charge is 0.369 e. The number of anilines is 1. The van der Waals surface area contributed by atoms with Crippen molar-refractivity contribution in [3.8, 4) is 0 Å². The van der Waals surface area contributed by atoms with Crippen molar-refractivity contribution in [3.63, 3.8) is 0 Å². The Bertz CT molecular complexity index is 1040. The maximum absolute atomic E-state index is 13.8. The topological polar surface area (TPSA) is 128 Å². The second-order valence-corrected chi connectivity index (χ2v) is 11.4. The summed E-state index contributed by atoms with van der Waals surface area (Å²) in [6.07, 6.45) is 2.52. The molecule has 4 atom stereocenters. The van der Waals surface area contributed by atoms with Gasteiger partial charge in [-0.25, -0.2) is 0 Å². The van der Waals surface area contributed by atoms with Crippen LogP contribution < -0.4 is 21.3 Å². The molecule has 3 aliphatic heterocycles. The summed E-state index contributed by atoms with van der Waals surface area (Å²) in [4.78, 5) is 58.8. The summed E-state index contributed by atoms with van der Waals surface area (Å²) in [5.74, 6) is -0.929. The highest BCUT2D eigenvalue weighted by Gasteiger charge is 2.52. The summed E-state index contributed by atoms with van der Waals surface area (Å²) in [6, 6.07) is 5.74. The van der Waals surface area contributed by atoms with Crippen LogP contribution in [0.4, 0.5) is 5.69 Å². The van der Waals surface area contributed by atoms with Crippen LogP contribution in [0.2, 0.25) is 0 Å². The number of nitrogens with one attached hydrogen (secondary N) is 2. The summed E-state index contributed by atoms with van der Waals surface area (Å²) in [6.45, 7) is 10.4. The smallest absolute Gasteiger partial charge is 0.251 e. The number of Topliss-reactive ketones (excluding diaryl/α,β-unsaturated/α-hetero) is 1. The number of likely N-dealkylation sites (tertiary alicyclic amines) is 2. The van der Waals surface area contributed by atoms with Gasteiger partial charge in [-0.3, -0.25) is 19.2 Å². The summed E-state index contributed by atoms with van der Waals surface area (Å²) < 4.78 is 0. The minimum Gasteiger partial charge on any atom is -0.369 e. The van der Waals surface area contributed by atoms with Gasteiger partial charge in [0.25, 0.3) is 5.91 Å². The van der Waals surface area contributed by atoms with Crippen molar-refractivity contribution in [1.82, 2.24) is 20.4 Å². The third kappa shape index (κ3) is 6.44. The fourth-order valence-electron chi connectivity index (χ4n) is 6.16. The maximum Gasteiger partial charge on any atom is 0.251 e. The van der Waals surface area contributed by atoms with Gasteiger partial charge in [-0.1, -0.05) is 27.2 Å². The van der Waals surface area contributed by atoms with E-state index in [2.05, 4.69) is 15.5 Å². The van der Waals surface area contributed by atoms with Gasteiger partial charge < -0.3 is 31.1 Å². The number of hydrogen-bond acceptors (Lipinski definition) is 7. The molecule has 1 aromatic rings. The van der Waals surface area contributed by atoms with Gasteiger partial charge in [0.15, 0.2) is 5.78 Å². The van der Waals surface area contributed by atoms with E-state index < -0.39 is 12.1 Å². The third-order valence-electron chi connectivity index (χ3n) is 8.18. The highest BCUT2D eigenvalue weighted by molar-refractivity contribution is 6.01. The number of ketones is 1. The Morgan fingerprint density at radius 3 is 2.36 bits per heavy atom. The predicted molar refractivity (Wildman–Crippen MR) is 150 cm³/mol. The van der Waals surface area contributed by atoms with Gasteiger partial charge in [0, 0.05) is 50.5 Å². The summed E-state index contributed by atoms with van der Waals surface area (Å²) in [7, 11) is 0. The van der Waals surface area contributed by atoms with Crippen molar-refractivity contribution >= 4 is 29.2 Å². The number of amides is 3. The minimum absolute atomic E-state index is 0.0127. The van der Waals surface area contributed by atoms with Crippen LogP contribution >= 0.6 is 0 Å². The van der Waals surface area contributed by atoms with Crippen LogP contribution in [0, 0.1) is 11.8 Å². The number of carbonyl (C=O) groups is 4. The predicted octanol–water partition coefficient (Wildman–Crippen LogP) is 0.997. The lowest BCUT2D eigenvalue weighted by Gasteiger charge is -2.30. The van der Waals surface area contributed by atoms with Crippen LogP contribution in [0.3, 0.4) is 0 Å². The number of benzene rings is 1. The second kappa shape index (κ2) is 12.9. The molecular formula is C29H44N6O4. The van der Waals surface area contributed by atoms with Gasteiger partial charge in [0.2, 0.25) is 11.8 Å². The fraction of sp³-hybridized carbons (Fsp3) is 0.655. The average Bonchev–Trinajstić information content (AvgIpc) is 3.52. The molecule has 0 aliphatic carbocycles. The highest BCUT2D eigenvalue weighted by atomic mass is 16.2. The molecular weight excluding hydrogens is 496 g/mol. The molecule has 3 aliphatic rings. The zero-order valence-electron chi connectivity index (χ0n) is 23.5. The van der Waals surface area contributed by atoms with Crippen LogP contribution in [0.15, 0.2) is 24.3 Å². The van der Waals surface area contributed by atoms with E-state index in [4.69, 9.17) is 5.73 Å². The number of piperazine rings is 1. The first-order chi connectivity index (χ1) is 18.7. The molecule has 4 unspecified atom stereocenters. The SMILES string of the molecule is CCCC(CN)C(=O)N1CC(=O)C2C1CCN2C(=O)C(CC(C)C)NC(=O)c1ccc(N2CCNCC2)cc1. The van der Waals surface area contributed by atoms with E-state index in [0.717, 1.165) is 38.3 Å². The number of hydrogen-bond donors (Lipinski definition) is 3. The Labute approximate surface area is 231 Å². The third-order valence-corrected chi connectivity index (χ3v) is 8.18. The van der Waals surface area contributed by atoms with Crippen molar-refractivity contribution in [2.75, 3.05) is 50.7 Å². The first-order valence-electron chi connectivity index (χ1n) is 14.4. The molecule has 214 valence electrons. The van der Waals surface area contributed by atoms with E-state index in [1.54, 1.807) is 21.9 Å². The molecule has 0 radical (unpaired) electrons. The van der Waals surface area contributed by atoms with Crippen LogP contribution in [-0.4, -0.2) is 97.2 Å². The molecule has 4 N–H and O–H groups in total. The molecule has 10 heteroatoms. The van der Waals surface area contributed by atoms with Gasteiger partial charge in [0.1, 0.15) is 12.1 Å². The number of carbonyl (C=O) groups excluding carboxylic acids is 4. The summed E-state index contributed by atoms with van der Waals surface area (Å²) in [5.41, 5.74) is 7.42. The lowest BCUT2D eigenvalue weighted by molar-refractivity contribution is -0.138. The van der Waals surface area contributed by atoms with Crippen LogP contribution in [0.5, 0.6) is 0 Å². The monoisotopic (exact) mass is 540 g/mol. The molecule has 4 rings (SSSR count). The molecule has 0 bridgehead atoms. The van der Waals surface area contributed by atoms with Crippen molar-refractivity contribution in [2.45, 2.75) is 64.6 Å². The molecule has 0 aromatic heterocycles. The molecule has 3 amide bonds. The Hall–Kier alpha value is -2.98. The van der Waals surface area contributed by atoms with E-state index in [1.807, 2.05) is 32.9 Å². The van der Waals surface area contributed by atoms with Crippen molar-refractivity contribution in [3.05, 3.63) is 29.8 Å². The summed E-state index contributed by atoms with van der Waals surface area (Å²) in [5, 5.41) is 6.29. The van der Waals surface area contributed by atoms with Gasteiger partial charge in [-0.2, -0.15) is 0 Å². The number of rotatable bonds is 10. The minimum atomic E-state index is -0.751. The Morgan fingerprint density at radius 1 is 1.05 bits per heavy atom. The van der Waals surface area contributed by atoms with Crippen LogP contribution in [-0.2, 0) is 14.4 Å². The molecule has 3 fully saturated rings. The lowest BCUT2D eigenvalue weighted by atomic mass is 10.0. The lowest BCUT2D eigenvalue weighted by Crippen LogP contribution is -2.53. The molecule has 1 aromatic carbocycles. The molecule has 3 saturated heterocycles. The highest BCUT2D eigenvalue weighted by Crippen LogP contribution is 2.32. The average molecular weight is 541 g/mol. The second-order valence-electron chi connectivity index (χ2n) is 11.4. The zero-order chi connectivity index (χ0) is 28.1. The van der Waals surface area contributed by atoms with Crippen molar-refractivity contribution in [2.24, 2.45) is 17.6 Å².